The van der Waals surface area contributed by atoms with Crippen molar-refractivity contribution in [3.63, 3.8) is 0 Å². The molecule has 0 radical (unpaired) electrons. The van der Waals surface area contributed by atoms with Gasteiger partial charge in [-0.05, 0) is 129 Å². The average Bonchev–Trinajstić information content (AvgIpc) is 4.13. The molecule has 0 heteroatoms. The number of fused-ring (bicyclic) bond motifs is 1. The van der Waals surface area contributed by atoms with Crippen LogP contribution in [0.2, 0.25) is 0 Å². The fourth-order valence-corrected chi connectivity index (χ4v) is 11.6. The molecule has 0 aromatic carbocycles. The summed E-state index contributed by atoms with van der Waals surface area (Å²) in [7, 11) is 0. The van der Waals surface area contributed by atoms with Crippen molar-refractivity contribution in [1.29, 1.82) is 0 Å². The van der Waals surface area contributed by atoms with Crippen LogP contribution in [0.4, 0.5) is 0 Å². The van der Waals surface area contributed by atoms with Crippen molar-refractivity contribution in [3.05, 3.63) is 0 Å². The molecule has 0 saturated heterocycles. The quantitative estimate of drug-likeness (QED) is 0.153. The summed E-state index contributed by atoms with van der Waals surface area (Å²) >= 11 is 0. The molecule has 8 fully saturated rings. The first-order chi connectivity index (χ1) is 34.1. The molecule has 0 nitrogen and oxygen atoms in total. The Morgan fingerprint density at radius 1 is 0.351 bits per heavy atom. The van der Waals surface area contributed by atoms with Crippen LogP contribution in [0.5, 0.6) is 0 Å². The molecule has 8 saturated carbocycles. The van der Waals surface area contributed by atoms with Crippen LogP contribution in [0.1, 0.15) is 381 Å². The second kappa shape index (κ2) is 38.6. The van der Waals surface area contributed by atoms with Crippen LogP contribution >= 0.6 is 0 Å². The van der Waals surface area contributed by atoms with E-state index < -0.39 is 0 Å². The maximum Gasteiger partial charge on any atom is -0.0282 e. The molecule has 74 heavy (non-hydrogen) atoms. The van der Waals surface area contributed by atoms with Crippen molar-refractivity contribution in [1.82, 2.24) is 0 Å². The lowest BCUT2D eigenvalue weighted by atomic mass is 9.47. The largest absolute Gasteiger partial charge is 0.0651 e. The molecule has 0 aliphatic heterocycles. The zero-order chi connectivity index (χ0) is 58.4. The van der Waals surface area contributed by atoms with Gasteiger partial charge in [0.15, 0.2) is 0 Å². The van der Waals surface area contributed by atoms with Gasteiger partial charge in [0.1, 0.15) is 0 Å². The zero-order valence-corrected chi connectivity index (χ0v) is 58.4. The Balaban J connectivity index is -0.000000767. The maximum atomic E-state index is 2.38. The summed E-state index contributed by atoms with van der Waals surface area (Å²) < 4.78 is 0. The molecular formula is C74H154. The summed E-state index contributed by atoms with van der Waals surface area (Å²) in [5.74, 6) is 10.9. The monoisotopic (exact) mass is 1040 g/mol. The smallest absolute Gasteiger partial charge is 0.0282 e. The van der Waals surface area contributed by atoms with Crippen LogP contribution in [0, 0.1) is 97.1 Å². The highest BCUT2D eigenvalue weighted by Crippen LogP contribution is 2.59. The number of rotatable bonds is 15. The zero-order valence-electron chi connectivity index (χ0n) is 58.4. The Labute approximate surface area is 475 Å². The highest BCUT2D eigenvalue weighted by Gasteiger charge is 2.50. The third kappa shape index (κ3) is 28.9. The lowest BCUT2D eigenvalue weighted by molar-refractivity contribution is -0.0819. The topological polar surface area (TPSA) is 0 Å². The standard InChI is InChI=1S/C10H22.2C9H20.C8H14.C8H16.2C8H18.C7H12.C7H14/c1-7-10(6,8-2)9(3,4)5;1-7-9(5,6)8(2,3)4;1-6-9(5,7-2)8(3)4;1-2-7-3-6-4-8(7)5-6;1-2-8-6-4-3-5-7-8;1-6-8(4,5)7(2)3;1-5-8(4,6-2)7-3;1-2-7-5-3-6(7)4-5;1-2-7-5-3-4-6-7/h7-8H2,1-6H3;7H2,1-6H3;8H,6-7H2,1-5H3;6-8H,2-5H2,1H3;8H,2-7H2,1H3;7H,6H2,1-5H3;5-7H2,1-4H3;5-7H,2-4H2,1H3;7H,2-6H2,1H3. The van der Waals surface area contributed by atoms with E-state index in [1.165, 1.54) is 171 Å². The fourth-order valence-electron chi connectivity index (χ4n) is 11.6. The van der Waals surface area contributed by atoms with E-state index in [0.717, 1.165) is 29.6 Å². The van der Waals surface area contributed by atoms with E-state index in [9.17, 15) is 0 Å². The van der Waals surface area contributed by atoms with Crippen molar-refractivity contribution in [2.45, 2.75) is 381 Å². The van der Waals surface area contributed by atoms with E-state index in [0.29, 0.717) is 37.9 Å². The van der Waals surface area contributed by atoms with Crippen molar-refractivity contribution < 1.29 is 0 Å². The van der Waals surface area contributed by atoms with Gasteiger partial charge in [-0.3, -0.25) is 0 Å². The van der Waals surface area contributed by atoms with Gasteiger partial charge in [0.05, 0.1) is 0 Å². The van der Waals surface area contributed by atoms with Crippen LogP contribution in [-0.4, -0.2) is 0 Å². The summed E-state index contributed by atoms with van der Waals surface area (Å²) in [5.41, 5.74) is 3.65. The van der Waals surface area contributed by atoms with E-state index in [4.69, 9.17) is 0 Å². The molecule has 0 N–H and O–H groups in total. The van der Waals surface area contributed by atoms with Crippen LogP contribution in [0.15, 0.2) is 0 Å². The fraction of sp³-hybridized carbons (Fsp3) is 1.00. The minimum absolute atomic E-state index is 0.446. The first kappa shape index (κ1) is 78.2. The molecular weight excluding hydrogens is 889 g/mol. The lowest BCUT2D eigenvalue weighted by Crippen LogP contribution is -2.49. The highest BCUT2D eigenvalue weighted by molar-refractivity contribution is 5.00. The summed E-state index contributed by atoms with van der Waals surface area (Å²) in [4.78, 5) is 0. The molecule has 1 atom stereocenters. The number of hydrogen-bond donors (Lipinski definition) is 0. The lowest BCUT2D eigenvalue weighted by Gasteiger charge is -2.58. The van der Waals surface area contributed by atoms with Gasteiger partial charge in [-0.25, -0.2) is 0 Å². The van der Waals surface area contributed by atoms with Crippen molar-refractivity contribution in [2.24, 2.45) is 97.1 Å². The van der Waals surface area contributed by atoms with E-state index in [2.05, 4.69) is 208 Å². The average molecular weight is 1040 g/mol. The molecule has 8 aliphatic rings. The van der Waals surface area contributed by atoms with Gasteiger partial charge in [0.2, 0.25) is 0 Å². The molecule has 1 unspecified atom stereocenters. The minimum Gasteiger partial charge on any atom is -0.0651 e. The Hall–Kier alpha value is 0. The molecule has 0 aromatic heterocycles. The van der Waals surface area contributed by atoms with Gasteiger partial charge >= 0.3 is 0 Å². The van der Waals surface area contributed by atoms with Crippen LogP contribution in [0.25, 0.3) is 0 Å². The van der Waals surface area contributed by atoms with Crippen molar-refractivity contribution in [2.75, 3.05) is 0 Å². The van der Waals surface area contributed by atoms with E-state index >= 15 is 0 Å². The van der Waals surface area contributed by atoms with Gasteiger partial charge in [0, 0.05) is 0 Å². The first-order valence-corrected chi connectivity index (χ1v) is 34.1. The van der Waals surface area contributed by atoms with Crippen LogP contribution in [0.3, 0.4) is 0 Å². The van der Waals surface area contributed by atoms with Crippen LogP contribution in [-0.2, 0) is 0 Å². The summed E-state index contributed by atoms with van der Waals surface area (Å²) in [6.07, 6.45) is 38.8. The molecule has 8 rings (SSSR count). The predicted octanol–water partition coefficient (Wildman–Crippen LogP) is 27.2. The maximum absolute atomic E-state index is 2.38. The first-order valence-electron chi connectivity index (χ1n) is 34.1. The predicted molar refractivity (Wildman–Crippen MR) is 347 cm³/mol. The Morgan fingerprint density at radius 2 is 0.743 bits per heavy atom. The molecule has 0 amide bonds. The van der Waals surface area contributed by atoms with Gasteiger partial charge < -0.3 is 0 Å². The second-order valence-electron chi connectivity index (χ2n) is 30.9. The number of hydrogen-bond acceptors (Lipinski definition) is 0. The molecule has 8 aliphatic carbocycles. The van der Waals surface area contributed by atoms with E-state index in [1.54, 1.807) is 32.1 Å². The highest BCUT2D eigenvalue weighted by atomic mass is 14.6. The summed E-state index contributed by atoms with van der Waals surface area (Å²) in [5, 5.41) is 0. The van der Waals surface area contributed by atoms with Gasteiger partial charge in [-0.15, -0.1) is 0 Å². The SMILES string of the molecule is CCC(C)(C)C(C)(C)C.CCC(C)(C)C(C)C.CCC(C)(CC)C(C)(C)C.CCC(C)(CC)C(C)C.CCC(C)(CC)CC.CCC1C2CC1C2.CCC1CC2CC1C2.CCC1CCCC1.CCC1CCCCC1. The molecule has 0 aromatic rings. The molecule has 4 bridgehead atoms. The molecule has 450 valence electrons. The molecule has 0 heterocycles. The third-order valence-electron chi connectivity index (χ3n) is 24.7. The Kier molecular flexibility index (Phi) is 40.8. The minimum atomic E-state index is 0.446. The second-order valence-corrected chi connectivity index (χ2v) is 30.9. The van der Waals surface area contributed by atoms with E-state index in [-0.39, 0.29) is 0 Å². The van der Waals surface area contributed by atoms with Crippen molar-refractivity contribution >= 4 is 0 Å². The van der Waals surface area contributed by atoms with Gasteiger partial charge in [-0.2, -0.15) is 0 Å². The normalized spacial score (nSPS) is 23.4. The Morgan fingerprint density at radius 3 is 0.824 bits per heavy atom. The van der Waals surface area contributed by atoms with Gasteiger partial charge in [0.25, 0.3) is 0 Å². The van der Waals surface area contributed by atoms with Crippen LogP contribution < -0.4 is 0 Å². The summed E-state index contributed by atoms with van der Waals surface area (Å²) in [6.45, 7) is 69.2. The van der Waals surface area contributed by atoms with Crippen molar-refractivity contribution in [3.8, 4) is 0 Å². The third-order valence-corrected chi connectivity index (χ3v) is 24.7. The summed E-state index contributed by atoms with van der Waals surface area (Å²) in [6, 6.07) is 0. The van der Waals surface area contributed by atoms with E-state index in [1.807, 2.05) is 0 Å². The van der Waals surface area contributed by atoms with Gasteiger partial charge in [-0.1, -0.05) is 349 Å². The molecule has 0 spiro atoms. The Bertz CT molecular complexity index is 1210.